The van der Waals surface area contributed by atoms with Gasteiger partial charge in [-0.1, -0.05) is 31.2 Å². The van der Waals surface area contributed by atoms with Crippen molar-refractivity contribution in [3.8, 4) is 0 Å². The quantitative estimate of drug-likeness (QED) is 0.762. The highest BCUT2D eigenvalue weighted by atomic mass is 16.1. The fraction of sp³-hybridized carbons (Fsp3) is 0.480. The molecule has 0 spiro atoms. The van der Waals surface area contributed by atoms with Crippen LogP contribution in [0.4, 0.5) is 0 Å². The molecule has 1 saturated heterocycles. The highest BCUT2D eigenvalue weighted by Gasteiger charge is 2.17. The maximum Gasteiger partial charge on any atom is 0.251 e. The highest BCUT2D eigenvalue weighted by molar-refractivity contribution is 5.94. The van der Waals surface area contributed by atoms with Crippen molar-refractivity contribution in [2.24, 2.45) is 5.92 Å². The van der Waals surface area contributed by atoms with Crippen LogP contribution in [0.5, 0.6) is 0 Å². The van der Waals surface area contributed by atoms with Crippen LogP contribution in [0.3, 0.4) is 0 Å². The second-order valence-electron chi connectivity index (χ2n) is 8.64. The number of hydrogen-bond acceptors (Lipinski definition) is 2. The molecule has 2 aromatic rings. The Bertz CT molecular complexity index is 817. The molecule has 1 atom stereocenters. The summed E-state index contributed by atoms with van der Waals surface area (Å²) in [6, 6.07) is 12.5. The van der Waals surface area contributed by atoms with Gasteiger partial charge in [0.2, 0.25) is 0 Å². The lowest BCUT2D eigenvalue weighted by Crippen LogP contribution is -2.32. The molecule has 0 aliphatic carbocycles. The minimum absolute atomic E-state index is 0.0107. The van der Waals surface area contributed by atoms with Crippen molar-refractivity contribution < 1.29 is 4.79 Å². The number of likely N-dealkylation sites (tertiary alicyclic amines) is 1. The third kappa shape index (κ3) is 5.02. The van der Waals surface area contributed by atoms with Gasteiger partial charge in [-0.15, -0.1) is 0 Å². The van der Waals surface area contributed by atoms with Gasteiger partial charge in [0.1, 0.15) is 0 Å². The van der Waals surface area contributed by atoms with Crippen LogP contribution >= 0.6 is 0 Å². The molecule has 1 aliphatic rings. The van der Waals surface area contributed by atoms with E-state index in [1.165, 1.54) is 53.7 Å². The summed E-state index contributed by atoms with van der Waals surface area (Å²) in [5, 5.41) is 3.16. The molecule has 3 nitrogen and oxygen atoms in total. The van der Waals surface area contributed by atoms with E-state index in [2.05, 4.69) is 69.1 Å². The molecule has 0 radical (unpaired) electrons. The van der Waals surface area contributed by atoms with Crippen molar-refractivity contribution in [1.82, 2.24) is 10.2 Å². The van der Waals surface area contributed by atoms with Crippen molar-refractivity contribution in [3.05, 3.63) is 69.8 Å². The maximum absolute atomic E-state index is 12.7. The van der Waals surface area contributed by atoms with Crippen molar-refractivity contribution >= 4 is 5.91 Å². The predicted octanol–water partition coefficient (Wildman–Crippen LogP) is 5.33. The minimum atomic E-state index is -0.0122. The zero-order valence-electron chi connectivity index (χ0n) is 18.0. The number of nitrogens with one attached hydrogen (secondary N) is 1. The van der Waals surface area contributed by atoms with Crippen LogP contribution in [0.2, 0.25) is 0 Å². The summed E-state index contributed by atoms with van der Waals surface area (Å²) in [4.78, 5) is 15.2. The van der Waals surface area contributed by atoms with Crippen LogP contribution in [-0.2, 0) is 6.54 Å². The normalized spacial score (nSPS) is 16.8. The van der Waals surface area contributed by atoms with Crippen molar-refractivity contribution in [2.45, 2.75) is 60.0 Å². The van der Waals surface area contributed by atoms with Crippen LogP contribution in [0.1, 0.15) is 70.9 Å². The number of carbonyl (C=O) groups excluding carboxylic acids is 1. The van der Waals surface area contributed by atoms with Crippen molar-refractivity contribution in [1.29, 1.82) is 0 Å². The molecule has 28 heavy (non-hydrogen) atoms. The van der Waals surface area contributed by atoms with E-state index in [-0.39, 0.29) is 11.9 Å². The molecule has 1 fully saturated rings. The van der Waals surface area contributed by atoms with E-state index < -0.39 is 0 Å². The molecule has 0 aromatic heterocycles. The van der Waals surface area contributed by atoms with Gasteiger partial charge in [-0.3, -0.25) is 9.69 Å². The second-order valence-corrected chi connectivity index (χ2v) is 8.64. The molecular weight excluding hydrogens is 344 g/mol. The number of carbonyl (C=O) groups is 1. The molecular formula is C25H34N2O. The second kappa shape index (κ2) is 8.91. The zero-order chi connectivity index (χ0) is 20.3. The van der Waals surface area contributed by atoms with Gasteiger partial charge < -0.3 is 5.32 Å². The number of benzene rings is 2. The van der Waals surface area contributed by atoms with Crippen molar-refractivity contribution in [3.63, 3.8) is 0 Å². The fourth-order valence-electron chi connectivity index (χ4n) is 4.05. The summed E-state index contributed by atoms with van der Waals surface area (Å²) in [6.45, 7) is 14.1. The Kier molecular flexibility index (Phi) is 6.56. The molecule has 1 amide bonds. The summed E-state index contributed by atoms with van der Waals surface area (Å²) in [5.74, 6) is 0.841. The Balaban J connectivity index is 1.61. The first-order chi connectivity index (χ1) is 13.3. The lowest BCUT2D eigenvalue weighted by atomic mass is 9.96. The van der Waals surface area contributed by atoms with E-state index in [0.717, 1.165) is 18.0 Å². The van der Waals surface area contributed by atoms with Gasteiger partial charge >= 0.3 is 0 Å². The Morgan fingerprint density at radius 3 is 2.29 bits per heavy atom. The number of aryl methyl sites for hydroxylation is 3. The van der Waals surface area contributed by atoms with E-state index in [1.54, 1.807) is 0 Å². The highest BCUT2D eigenvalue weighted by Crippen LogP contribution is 2.22. The minimum Gasteiger partial charge on any atom is -0.346 e. The number of piperidine rings is 1. The molecule has 150 valence electrons. The summed E-state index contributed by atoms with van der Waals surface area (Å²) in [7, 11) is 0. The van der Waals surface area contributed by atoms with Crippen molar-refractivity contribution in [2.75, 3.05) is 13.1 Å². The average Bonchev–Trinajstić information content (AvgIpc) is 2.67. The molecule has 2 aromatic carbocycles. The zero-order valence-corrected chi connectivity index (χ0v) is 18.0. The monoisotopic (exact) mass is 378 g/mol. The summed E-state index contributed by atoms with van der Waals surface area (Å²) in [6.07, 6.45) is 2.58. The first kappa shape index (κ1) is 20.6. The molecule has 3 heteroatoms. The lowest BCUT2D eigenvalue weighted by Gasteiger charge is -2.30. The summed E-state index contributed by atoms with van der Waals surface area (Å²) < 4.78 is 0. The van der Waals surface area contributed by atoms with E-state index in [1.807, 2.05) is 12.1 Å². The molecule has 3 rings (SSSR count). The molecule has 0 unspecified atom stereocenters. The topological polar surface area (TPSA) is 32.3 Å². The van der Waals surface area contributed by atoms with Crippen LogP contribution in [0.25, 0.3) is 0 Å². The smallest absolute Gasteiger partial charge is 0.251 e. The number of hydrogen-bond donors (Lipinski definition) is 1. The number of rotatable bonds is 5. The van der Waals surface area contributed by atoms with Gasteiger partial charge in [0.05, 0.1) is 6.04 Å². The standard InChI is InChI=1S/C25H34N2O/c1-17-10-12-27(13-11-17)16-22-6-8-23(9-7-22)25(28)26-21(5)24-15-19(3)18(2)14-20(24)4/h6-9,14-15,17,21H,10-13,16H2,1-5H3,(H,26,28)/t21-/m0/s1. The van der Waals surface area contributed by atoms with Crippen LogP contribution in [0.15, 0.2) is 36.4 Å². The van der Waals surface area contributed by atoms with E-state index in [4.69, 9.17) is 0 Å². The third-order valence-corrected chi connectivity index (χ3v) is 6.20. The molecule has 0 saturated carbocycles. The lowest BCUT2D eigenvalue weighted by molar-refractivity contribution is 0.0939. The largest absolute Gasteiger partial charge is 0.346 e. The van der Waals surface area contributed by atoms with Gasteiger partial charge in [0, 0.05) is 12.1 Å². The first-order valence-electron chi connectivity index (χ1n) is 10.5. The first-order valence-corrected chi connectivity index (χ1v) is 10.5. The summed E-state index contributed by atoms with van der Waals surface area (Å²) in [5.41, 5.74) is 6.97. The Hall–Kier alpha value is -2.13. The molecule has 1 N–H and O–H groups in total. The van der Waals surface area contributed by atoms with Gasteiger partial charge in [0.15, 0.2) is 0 Å². The molecule has 1 heterocycles. The van der Waals surface area contributed by atoms with Gasteiger partial charge in [-0.05, 0) is 99.5 Å². The van der Waals surface area contributed by atoms with E-state index >= 15 is 0 Å². The average molecular weight is 379 g/mol. The SMILES string of the molecule is Cc1cc(C)c([C@H](C)NC(=O)c2ccc(CN3CCC(C)CC3)cc2)cc1C. The van der Waals surface area contributed by atoms with Gasteiger partial charge in [0.25, 0.3) is 5.91 Å². The third-order valence-electron chi connectivity index (χ3n) is 6.20. The molecule has 1 aliphatic heterocycles. The van der Waals surface area contributed by atoms with Gasteiger partial charge in [-0.2, -0.15) is 0 Å². The Labute approximate surface area is 170 Å². The van der Waals surface area contributed by atoms with E-state index in [0.29, 0.717) is 0 Å². The molecule has 0 bridgehead atoms. The van der Waals surface area contributed by atoms with Crippen LogP contribution in [0, 0.1) is 26.7 Å². The van der Waals surface area contributed by atoms with Crippen LogP contribution < -0.4 is 5.32 Å². The van der Waals surface area contributed by atoms with Gasteiger partial charge in [-0.25, -0.2) is 0 Å². The predicted molar refractivity (Wildman–Crippen MR) is 117 cm³/mol. The Morgan fingerprint density at radius 2 is 1.64 bits per heavy atom. The number of amides is 1. The summed E-state index contributed by atoms with van der Waals surface area (Å²) >= 11 is 0. The van der Waals surface area contributed by atoms with Crippen LogP contribution in [-0.4, -0.2) is 23.9 Å². The van der Waals surface area contributed by atoms with E-state index in [9.17, 15) is 4.79 Å². The maximum atomic E-state index is 12.7. The Morgan fingerprint density at radius 1 is 1.04 bits per heavy atom. The number of nitrogens with zero attached hydrogens (tertiary/aromatic N) is 1. The fourth-order valence-corrected chi connectivity index (χ4v) is 4.05.